The van der Waals surface area contributed by atoms with Crippen LogP contribution in [0.2, 0.25) is 0 Å². The first kappa shape index (κ1) is 20.5. The van der Waals surface area contributed by atoms with Crippen LogP contribution in [-0.4, -0.2) is 37.2 Å². The zero-order valence-electron chi connectivity index (χ0n) is 14.6. The van der Waals surface area contributed by atoms with Gasteiger partial charge in [0.2, 0.25) is 5.96 Å². The number of ether oxygens (including phenoxy) is 1. The van der Waals surface area contributed by atoms with E-state index in [1.54, 1.807) is 11.8 Å². The topological polar surface area (TPSA) is 75.2 Å². The zero-order chi connectivity index (χ0) is 19.1. The molecule has 0 aromatic heterocycles. The van der Waals surface area contributed by atoms with Crippen LogP contribution < -0.4 is 16.2 Å². The Morgan fingerprint density at radius 3 is 2.88 bits per heavy atom. The van der Waals surface area contributed by atoms with Crippen LogP contribution in [0.4, 0.5) is 14.5 Å². The number of nitrogens with zero attached hydrogens (tertiary/aromatic N) is 3. The number of guanidine groups is 1. The highest BCUT2D eigenvalue weighted by Gasteiger charge is 2.21. The highest BCUT2D eigenvalue weighted by Crippen LogP contribution is 2.31. The third-order valence-electron chi connectivity index (χ3n) is 3.92. The molecule has 26 heavy (non-hydrogen) atoms. The SMILES string of the molecule is CC(F)[C@H](C)N=C(N=C(/C=C\F)N1CCOCc2c(Br)cccc21)NN. The van der Waals surface area contributed by atoms with Gasteiger partial charge in [-0.3, -0.25) is 5.43 Å². The number of anilines is 1. The van der Waals surface area contributed by atoms with E-state index in [9.17, 15) is 8.78 Å². The normalized spacial score (nSPS) is 18.5. The number of halogens is 3. The summed E-state index contributed by atoms with van der Waals surface area (Å²) in [5.41, 5.74) is 4.10. The van der Waals surface area contributed by atoms with E-state index in [-0.39, 0.29) is 11.8 Å². The highest BCUT2D eigenvalue weighted by atomic mass is 79.9. The van der Waals surface area contributed by atoms with E-state index in [4.69, 9.17) is 10.6 Å². The van der Waals surface area contributed by atoms with E-state index in [0.717, 1.165) is 15.7 Å². The number of rotatable bonds is 3. The lowest BCUT2D eigenvalue weighted by atomic mass is 10.1. The summed E-state index contributed by atoms with van der Waals surface area (Å²) in [5.74, 6) is 5.75. The van der Waals surface area contributed by atoms with E-state index >= 15 is 0 Å². The minimum atomic E-state index is -1.17. The van der Waals surface area contributed by atoms with Crippen molar-refractivity contribution in [3.63, 3.8) is 0 Å². The standard InChI is InChI=1S/C17H22BrF2N5O/c1-11(20)12(2)22-17(24-21)23-16(6-7-19)25-8-9-26-10-13-14(18)4-3-5-15(13)25/h3-7,11-12H,8-10,21H2,1-2H3,(H,22,24)/b7-6-,23-16?/t11?,12-/m0/s1. The Labute approximate surface area is 159 Å². The number of nitrogens with two attached hydrogens (primary N) is 1. The van der Waals surface area contributed by atoms with E-state index in [0.29, 0.717) is 26.1 Å². The Kier molecular flexibility index (Phi) is 7.67. The molecule has 0 saturated heterocycles. The van der Waals surface area contributed by atoms with E-state index in [1.165, 1.54) is 13.0 Å². The Morgan fingerprint density at radius 2 is 2.23 bits per heavy atom. The van der Waals surface area contributed by atoms with Crippen molar-refractivity contribution in [3.05, 3.63) is 40.6 Å². The average molecular weight is 430 g/mol. The summed E-state index contributed by atoms with van der Waals surface area (Å²) in [7, 11) is 0. The molecule has 2 rings (SSSR count). The predicted molar refractivity (Wildman–Crippen MR) is 104 cm³/mol. The molecule has 1 unspecified atom stereocenters. The maximum absolute atomic E-state index is 13.4. The van der Waals surface area contributed by atoms with Crippen LogP contribution in [0.15, 0.2) is 45.1 Å². The van der Waals surface area contributed by atoms with Gasteiger partial charge in [0.05, 0.1) is 25.6 Å². The Bertz CT molecular complexity index is 708. The number of hydrogen-bond donors (Lipinski definition) is 2. The molecule has 3 N–H and O–H groups in total. The molecule has 0 radical (unpaired) electrons. The molecule has 9 heteroatoms. The minimum Gasteiger partial charge on any atom is -0.375 e. The van der Waals surface area contributed by atoms with Crippen molar-refractivity contribution < 1.29 is 13.5 Å². The van der Waals surface area contributed by atoms with Crippen LogP contribution in [0.25, 0.3) is 0 Å². The van der Waals surface area contributed by atoms with Gasteiger partial charge in [-0.1, -0.05) is 22.0 Å². The molecule has 1 heterocycles. The molecule has 0 spiro atoms. The molecular formula is C17H22BrF2N5O. The fourth-order valence-corrected chi connectivity index (χ4v) is 2.85. The molecule has 1 aliphatic rings. The van der Waals surface area contributed by atoms with Crippen molar-refractivity contribution in [1.82, 2.24) is 5.43 Å². The summed E-state index contributed by atoms with van der Waals surface area (Å²) in [6.07, 6.45) is 0.418. The first-order valence-corrected chi connectivity index (χ1v) is 8.93. The molecule has 0 fully saturated rings. The van der Waals surface area contributed by atoms with Gasteiger partial charge in [0.25, 0.3) is 0 Å². The third kappa shape index (κ3) is 5.09. The number of hydrogen-bond acceptors (Lipinski definition) is 3. The van der Waals surface area contributed by atoms with Gasteiger partial charge in [0, 0.05) is 28.3 Å². The maximum Gasteiger partial charge on any atom is 0.234 e. The van der Waals surface area contributed by atoms with Crippen LogP contribution in [-0.2, 0) is 11.3 Å². The number of benzene rings is 1. The zero-order valence-corrected chi connectivity index (χ0v) is 16.2. The number of fused-ring (bicyclic) bond motifs is 1. The van der Waals surface area contributed by atoms with Crippen molar-refractivity contribution in [2.75, 3.05) is 18.1 Å². The Morgan fingerprint density at radius 1 is 1.46 bits per heavy atom. The Hall–Kier alpha value is -1.84. The summed E-state index contributed by atoms with van der Waals surface area (Å²) in [6.45, 7) is 4.31. The summed E-state index contributed by atoms with van der Waals surface area (Å²) < 4.78 is 32.9. The first-order chi connectivity index (χ1) is 12.5. The van der Waals surface area contributed by atoms with Gasteiger partial charge in [0.15, 0.2) is 0 Å². The summed E-state index contributed by atoms with van der Waals surface area (Å²) in [6, 6.07) is 5.04. The van der Waals surface area contributed by atoms with Crippen molar-refractivity contribution >= 4 is 33.4 Å². The average Bonchev–Trinajstić information content (AvgIpc) is 2.84. The van der Waals surface area contributed by atoms with Crippen LogP contribution in [0.5, 0.6) is 0 Å². The second-order valence-corrected chi connectivity index (χ2v) is 6.57. The lowest BCUT2D eigenvalue weighted by Crippen LogP contribution is -2.37. The monoisotopic (exact) mass is 429 g/mol. The molecule has 1 aliphatic heterocycles. The molecule has 142 valence electrons. The quantitative estimate of drug-likeness (QED) is 0.334. The van der Waals surface area contributed by atoms with Gasteiger partial charge in [0.1, 0.15) is 12.0 Å². The molecular weight excluding hydrogens is 408 g/mol. The molecule has 2 atom stereocenters. The van der Waals surface area contributed by atoms with Gasteiger partial charge >= 0.3 is 0 Å². The molecule has 0 amide bonds. The van der Waals surface area contributed by atoms with Crippen LogP contribution >= 0.6 is 15.9 Å². The van der Waals surface area contributed by atoms with Gasteiger partial charge < -0.3 is 9.64 Å². The van der Waals surface area contributed by atoms with Gasteiger partial charge in [-0.2, -0.15) is 4.99 Å². The van der Waals surface area contributed by atoms with Gasteiger partial charge in [-0.15, -0.1) is 0 Å². The van der Waals surface area contributed by atoms with Crippen molar-refractivity contribution in [2.45, 2.75) is 32.7 Å². The molecule has 1 aromatic carbocycles. The predicted octanol–water partition coefficient (Wildman–Crippen LogP) is 3.23. The summed E-state index contributed by atoms with van der Waals surface area (Å²) in [4.78, 5) is 10.2. The second kappa shape index (κ2) is 9.75. The molecule has 0 aliphatic carbocycles. The number of aliphatic imine (C=N–C) groups is 2. The maximum atomic E-state index is 13.4. The number of hydrazine groups is 1. The van der Waals surface area contributed by atoms with Crippen LogP contribution in [0.1, 0.15) is 19.4 Å². The van der Waals surface area contributed by atoms with Crippen LogP contribution in [0, 0.1) is 0 Å². The second-order valence-electron chi connectivity index (χ2n) is 5.72. The van der Waals surface area contributed by atoms with Crippen molar-refractivity contribution in [3.8, 4) is 0 Å². The largest absolute Gasteiger partial charge is 0.375 e. The highest BCUT2D eigenvalue weighted by molar-refractivity contribution is 9.10. The van der Waals surface area contributed by atoms with Gasteiger partial charge in [-0.05, 0) is 26.0 Å². The molecule has 1 aromatic rings. The Balaban J connectivity index is 2.48. The van der Waals surface area contributed by atoms with Gasteiger partial charge in [-0.25, -0.2) is 19.6 Å². The smallest absolute Gasteiger partial charge is 0.234 e. The fourth-order valence-electron chi connectivity index (χ4n) is 2.38. The molecule has 0 saturated carbocycles. The summed E-state index contributed by atoms with van der Waals surface area (Å²) >= 11 is 3.51. The van der Waals surface area contributed by atoms with Crippen molar-refractivity contribution in [2.24, 2.45) is 15.8 Å². The van der Waals surface area contributed by atoms with Crippen LogP contribution in [0.3, 0.4) is 0 Å². The summed E-state index contributed by atoms with van der Waals surface area (Å²) in [5, 5.41) is 0. The molecule has 0 bridgehead atoms. The lowest BCUT2D eigenvalue weighted by Gasteiger charge is -2.24. The van der Waals surface area contributed by atoms with Crippen molar-refractivity contribution in [1.29, 1.82) is 0 Å². The third-order valence-corrected chi connectivity index (χ3v) is 4.66. The number of alkyl halides is 1. The minimum absolute atomic E-state index is 0.0109. The van der Waals surface area contributed by atoms with E-state index < -0.39 is 12.2 Å². The lowest BCUT2D eigenvalue weighted by molar-refractivity contribution is 0.133. The fraction of sp³-hybridized carbons (Fsp3) is 0.412. The number of nitrogens with one attached hydrogen (secondary N) is 1. The van der Waals surface area contributed by atoms with E-state index in [1.807, 2.05) is 18.2 Å². The molecule has 6 nitrogen and oxygen atoms in total. The number of amidine groups is 1. The first-order valence-electron chi connectivity index (χ1n) is 8.14. The van der Waals surface area contributed by atoms with E-state index in [2.05, 4.69) is 31.3 Å².